The number of benzene rings is 1. The molecule has 0 radical (unpaired) electrons. The standard InChI is InChI=1S/C23H25N3O3/c27-22-19(7-4-11-24-22)23(28)25-12-10-17-14-26-21-9-8-18(13-20(17)21)29-15-16-5-2-1-3-6-16/h1-3,5-6,8-9,13-14,19,21H,4,7,10-12,15H2,(H,24,27)(H,25,28). The van der Waals surface area contributed by atoms with Crippen molar-refractivity contribution in [1.82, 2.24) is 10.6 Å². The Balaban J connectivity index is 1.33. The minimum Gasteiger partial charge on any atom is -0.489 e. The molecule has 150 valence electrons. The van der Waals surface area contributed by atoms with Crippen LogP contribution >= 0.6 is 0 Å². The molecule has 2 N–H and O–H groups in total. The summed E-state index contributed by atoms with van der Waals surface area (Å²) in [6, 6.07) is 10.1. The van der Waals surface area contributed by atoms with Crippen LogP contribution in [0.25, 0.3) is 0 Å². The van der Waals surface area contributed by atoms with Crippen molar-refractivity contribution in [3.05, 3.63) is 71.0 Å². The van der Waals surface area contributed by atoms with Crippen molar-refractivity contribution in [2.24, 2.45) is 10.9 Å². The van der Waals surface area contributed by atoms with Gasteiger partial charge in [-0.1, -0.05) is 36.4 Å². The van der Waals surface area contributed by atoms with Crippen LogP contribution in [0.5, 0.6) is 0 Å². The lowest BCUT2D eigenvalue weighted by Gasteiger charge is -2.21. The number of nitrogens with zero attached hydrogens (tertiary/aromatic N) is 1. The van der Waals surface area contributed by atoms with E-state index in [2.05, 4.69) is 15.6 Å². The fourth-order valence-corrected chi connectivity index (χ4v) is 3.74. The molecule has 0 saturated carbocycles. The summed E-state index contributed by atoms with van der Waals surface area (Å²) in [5.41, 5.74) is 3.32. The van der Waals surface area contributed by atoms with Crippen molar-refractivity contribution in [1.29, 1.82) is 0 Å². The first-order valence-corrected chi connectivity index (χ1v) is 10.1. The Morgan fingerprint density at radius 3 is 2.97 bits per heavy atom. The van der Waals surface area contributed by atoms with Gasteiger partial charge in [0.2, 0.25) is 11.8 Å². The van der Waals surface area contributed by atoms with Crippen molar-refractivity contribution >= 4 is 18.0 Å². The highest BCUT2D eigenvalue weighted by Crippen LogP contribution is 2.28. The molecule has 1 aromatic carbocycles. The average molecular weight is 391 g/mol. The van der Waals surface area contributed by atoms with Crippen LogP contribution in [0.3, 0.4) is 0 Å². The van der Waals surface area contributed by atoms with Gasteiger partial charge in [0, 0.05) is 19.3 Å². The van der Waals surface area contributed by atoms with Gasteiger partial charge in [-0.2, -0.15) is 0 Å². The molecule has 29 heavy (non-hydrogen) atoms. The molecular formula is C23H25N3O3. The van der Waals surface area contributed by atoms with Crippen LogP contribution < -0.4 is 10.6 Å². The number of fused-ring (bicyclic) bond motifs is 1. The summed E-state index contributed by atoms with van der Waals surface area (Å²) in [6.07, 6.45) is 10.0. The number of hydrogen-bond acceptors (Lipinski definition) is 4. The molecule has 2 unspecified atom stereocenters. The van der Waals surface area contributed by atoms with Gasteiger partial charge in [-0.25, -0.2) is 0 Å². The summed E-state index contributed by atoms with van der Waals surface area (Å²) in [5.74, 6) is -0.114. The highest BCUT2D eigenvalue weighted by atomic mass is 16.5. The third-order valence-electron chi connectivity index (χ3n) is 5.36. The van der Waals surface area contributed by atoms with Crippen LogP contribution in [-0.4, -0.2) is 37.2 Å². The van der Waals surface area contributed by atoms with E-state index in [1.165, 1.54) is 0 Å². The van der Waals surface area contributed by atoms with Crippen LogP contribution in [0.1, 0.15) is 24.8 Å². The summed E-state index contributed by atoms with van der Waals surface area (Å²) in [7, 11) is 0. The zero-order valence-electron chi connectivity index (χ0n) is 16.3. The van der Waals surface area contributed by atoms with Gasteiger partial charge in [0.05, 0.1) is 6.04 Å². The number of carbonyl (C=O) groups excluding carboxylic acids is 2. The van der Waals surface area contributed by atoms with Gasteiger partial charge in [-0.05, 0) is 48.1 Å². The molecule has 1 aliphatic carbocycles. The van der Waals surface area contributed by atoms with Crippen molar-refractivity contribution in [3.63, 3.8) is 0 Å². The second kappa shape index (κ2) is 8.90. The fourth-order valence-electron chi connectivity index (χ4n) is 3.74. The van der Waals surface area contributed by atoms with Crippen molar-refractivity contribution in [3.8, 4) is 0 Å². The summed E-state index contributed by atoms with van der Waals surface area (Å²) in [6.45, 7) is 1.66. The molecule has 6 heteroatoms. The molecule has 2 aliphatic heterocycles. The van der Waals surface area contributed by atoms with E-state index < -0.39 is 5.92 Å². The summed E-state index contributed by atoms with van der Waals surface area (Å²) < 4.78 is 5.93. The van der Waals surface area contributed by atoms with Gasteiger partial charge in [-0.3, -0.25) is 14.6 Å². The van der Waals surface area contributed by atoms with Crippen LogP contribution in [0.15, 0.2) is 70.5 Å². The monoisotopic (exact) mass is 391 g/mol. The van der Waals surface area contributed by atoms with Crippen LogP contribution in [0.2, 0.25) is 0 Å². The molecule has 2 heterocycles. The van der Waals surface area contributed by atoms with Crippen molar-refractivity contribution < 1.29 is 14.3 Å². The lowest BCUT2D eigenvalue weighted by Crippen LogP contribution is -2.45. The SMILES string of the molecule is O=C1NCCCC1C(=O)NCCC1=C2C=C(OCc3ccccc3)C=CC2N=C1. The van der Waals surface area contributed by atoms with Gasteiger partial charge in [-0.15, -0.1) is 0 Å². The minimum absolute atomic E-state index is 0.0221. The summed E-state index contributed by atoms with van der Waals surface area (Å²) in [5, 5.41) is 5.65. The molecule has 6 nitrogen and oxygen atoms in total. The third-order valence-corrected chi connectivity index (χ3v) is 5.36. The van der Waals surface area contributed by atoms with Gasteiger partial charge < -0.3 is 15.4 Å². The fraction of sp³-hybridized carbons (Fsp3) is 0.348. The molecule has 0 spiro atoms. The number of nitrogens with one attached hydrogen (secondary N) is 2. The first kappa shape index (κ1) is 19.2. The lowest BCUT2D eigenvalue weighted by molar-refractivity contribution is -0.136. The van der Waals surface area contributed by atoms with Crippen molar-refractivity contribution in [2.45, 2.75) is 31.9 Å². The first-order chi connectivity index (χ1) is 14.2. The third kappa shape index (κ3) is 4.65. The average Bonchev–Trinajstić information content (AvgIpc) is 3.15. The number of amides is 2. The molecule has 1 fully saturated rings. The predicted molar refractivity (Wildman–Crippen MR) is 111 cm³/mol. The smallest absolute Gasteiger partial charge is 0.232 e. The number of hydrogen-bond donors (Lipinski definition) is 2. The van der Waals surface area contributed by atoms with Crippen LogP contribution in [-0.2, 0) is 20.9 Å². The van der Waals surface area contributed by atoms with E-state index in [0.29, 0.717) is 32.5 Å². The highest BCUT2D eigenvalue weighted by molar-refractivity contribution is 6.00. The Hall–Kier alpha value is -3.15. The normalized spacial score (nSPS) is 22.8. The van der Waals surface area contributed by atoms with Gasteiger partial charge in [0.15, 0.2) is 0 Å². The predicted octanol–water partition coefficient (Wildman–Crippen LogP) is 2.44. The molecule has 0 aromatic heterocycles. The van der Waals surface area contributed by atoms with E-state index in [1.54, 1.807) is 0 Å². The zero-order chi connectivity index (χ0) is 20.1. The summed E-state index contributed by atoms with van der Waals surface area (Å²) >= 11 is 0. The Kier molecular flexibility index (Phi) is 5.89. The molecule has 0 bridgehead atoms. The number of allylic oxidation sites excluding steroid dienone is 1. The van der Waals surface area contributed by atoms with Crippen LogP contribution in [0.4, 0.5) is 0 Å². The topological polar surface area (TPSA) is 79.8 Å². The van der Waals surface area contributed by atoms with E-state index in [0.717, 1.165) is 28.9 Å². The van der Waals surface area contributed by atoms with E-state index >= 15 is 0 Å². The lowest BCUT2D eigenvalue weighted by atomic mass is 9.96. The number of aliphatic imine (C=N–C) groups is 1. The van der Waals surface area contributed by atoms with Crippen LogP contribution in [0, 0.1) is 5.92 Å². The van der Waals surface area contributed by atoms with E-state index in [4.69, 9.17) is 4.74 Å². The molecule has 2 atom stereocenters. The molecule has 4 rings (SSSR count). The Morgan fingerprint density at radius 1 is 1.28 bits per heavy atom. The maximum Gasteiger partial charge on any atom is 0.232 e. The van der Waals surface area contributed by atoms with Gasteiger partial charge in [0.1, 0.15) is 18.3 Å². The highest BCUT2D eigenvalue weighted by Gasteiger charge is 2.29. The first-order valence-electron chi connectivity index (χ1n) is 10.1. The van der Waals surface area contributed by atoms with E-state index in [1.807, 2.05) is 54.8 Å². The largest absolute Gasteiger partial charge is 0.489 e. The molecule has 1 saturated heterocycles. The molecule has 3 aliphatic rings. The second-order valence-corrected chi connectivity index (χ2v) is 7.41. The molecule has 1 aromatic rings. The zero-order valence-corrected chi connectivity index (χ0v) is 16.3. The quantitative estimate of drug-likeness (QED) is 0.701. The molecule has 2 amide bonds. The summed E-state index contributed by atoms with van der Waals surface area (Å²) in [4.78, 5) is 28.6. The Labute approximate surface area is 170 Å². The Morgan fingerprint density at radius 2 is 2.14 bits per heavy atom. The Bertz CT molecular complexity index is 899. The number of rotatable bonds is 7. The number of piperidine rings is 1. The van der Waals surface area contributed by atoms with Crippen molar-refractivity contribution in [2.75, 3.05) is 13.1 Å². The maximum absolute atomic E-state index is 12.3. The van der Waals surface area contributed by atoms with Gasteiger partial charge in [0.25, 0.3) is 0 Å². The van der Waals surface area contributed by atoms with E-state index in [-0.39, 0.29) is 17.9 Å². The number of ether oxygens (including phenoxy) is 1. The maximum atomic E-state index is 12.3. The molecular weight excluding hydrogens is 366 g/mol. The minimum atomic E-state index is -0.568. The second-order valence-electron chi connectivity index (χ2n) is 7.41. The van der Waals surface area contributed by atoms with E-state index in [9.17, 15) is 9.59 Å². The number of carbonyl (C=O) groups is 2. The van der Waals surface area contributed by atoms with Gasteiger partial charge >= 0.3 is 0 Å².